The van der Waals surface area contributed by atoms with Gasteiger partial charge in [-0.2, -0.15) is 4.98 Å². The van der Waals surface area contributed by atoms with Gasteiger partial charge in [0.15, 0.2) is 5.82 Å². The predicted molar refractivity (Wildman–Crippen MR) is 47.2 cm³/mol. The standard InChI is InChI=1S/C8H12N4O2/c13-8(11-6-1-2-6)4-9-3-7-10-5-14-12-7/h5-6,9H,1-4H2,(H,11,13). The normalized spacial score (nSPS) is 15.4. The molecule has 14 heavy (non-hydrogen) atoms. The second kappa shape index (κ2) is 4.19. The number of nitrogens with one attached hydrogen (secondary N) is 2. The van der Waals surface area contributed by atoms with E-state index in [-0.39, 0.29) is 5.91 Å². The molecule has 0 aromatic carbocycles. The lowest BCUT2D eigenvalue weighted by Gasteiger charge is -2.02. The summed E-state index contributed by atoms with van der Waals surface area (Å²) in [6, 6.07) is 0.412. The molecule has 6 nitrogen and oxygen atoms in total. The molecule has 2 rings (SSSR count). The molecule has 1 amide bonds. The van der Waals surface area contributed by atoms with Crippen LogP contribution in [0.1, 0.15) is 18.7 Å². The first-order valence-corrected chi connectivity index (χ1v) is 4.60. The number of hydrogen-bond donors (Lipinski definition) is 2. The first-order valence-electron chi connectivity index (χ1n) is 4.60. The van der Waals surface area contributed by atoms with Gasteiger partial charge in [0.1, 0.15) is 0 Å². The molecule has 0 bridgehead atoms. The van der Waals surface area contributed by atoms with Gasteiger partial charge in [0, 0.05) is 6.04 Å². The van der Waals surface area contributed by atoms with Crippen molar-refractivity contribution in [1.29, 1.82) is 0 Å². The highest BCUT2D eigenvalue weighted by Gasteiger charge is 2.22. The predicted octanol–water partition coefficient (Wildman–Crippen LogP) is -0.562. The van der Waals surface area contributed by atoms with Crippen molar-refractivity contribution in [3.05, 3.63) is 12.2 Å². The summed E-state index contributed by atoms with van der Waals surface area (Å²) in [5.41, 5.74) is 0. The molecule has 1 heterocycles. The average Bonchev–Trinajstić information content (AvgIpc) is 2.82. The van der Waals surface area contributed by atoms with E-state index in [9.17, 15) is 4.79 Å². The second-order valence-electron chi connectivity index (χ2n) is 3.29. The molecule has 0 aliphatic heterocycles. The quantitative estimate of drug-likeness (QED) is 0.659. The van der Waals surface area contributed by atoms with Gasteiger partial charge in [-0.25, -0.2) is 0 Å². The lowest BCUT2D eigenvalue weighted by Crippen LogP contribution is -2.34. The third-order valence-electron chi connectivity index (χ3n) is 1.92. The maximum absolute atomic E-state index is 11.2. The van der Waals surface area contributed by atoms with Crippen LogP contribution in [0.25, 0.3) is 0 Å². The van der Waals surface area contributed by atoms with E-state index in [1.54, 1.807) is 0 Å². The minimum absolute atomic E-state index is 0.0241. The molecule has 6 heteroatoms. The number of amides is 1. The highest BCUT2D eigenvalue weighted by molar-refractivity contribution is 5.78. The summed E-state index contributed by atoms with van der Waals surface area (Å²) in [5.74, 6) is 0.584. The number of rotatable bonds is 5. The monoisotopic (exact) mass is 196 g/mol. The van der Waals surface area contributed by atoms with Crippen LogP contribution in [0.3, 0.4) is 0 Å². The summed E-state index contributed by atoms with van der Waals surface area (Å²) in [5, 5.41) is 9.40. The van der Waals surface area contributed by atoms with Crippen LogP contribution >= 0.6 is 0 Å². The van der Waals surface area contributed by atoms with Crippen molar-refractivity contribution in [3.63, 3.8) is 0 Å². The van der Waals surface area contributed by atoms with Crippen molar-refractivity contribution in [1.82, 2.24) is 20.8 Å². The number of carbonyl (C=O) groups excluding carboxylic acids is 1. The van der Waals surface area contributed by atoms with Gasteiger partial charge in [-0.3, -0.25) is 4.79 Å². The summed E-state index contributed by atoms with van der Waals surface area (Å²) in [4.78, 5) is 15.0. The fraction of sp³-hybridized carbons (Fsp3) is 0.625. The van der Waals surface area contributed by atoms with Crippen molar-refractivity contribution in [2.24, 2.45) is 0 Å². The first kappa shape index (κ1) is 9.14. The van der Waals surface area contributed by atoms with E-state index < -0.39 is 0 Å². The zero-order valence-corrected chi connectivity index (χ0v) is 7.69. The smallest absolute Gasteiger partial charge is 0.234 e. The molecule has 1 fully saturated rings. The molecule has 0 unspecified atom stereocenters. The van der Waals surface area contributed by atoms with E-state index in [0.29, 0.717) is 25.0 Å². The summed E-state index contributed by atoms with van der Waals surface area (Å²) in [6.45, 7) is 0.750. The van der Waals surface area contributed by atoms with E-state index in [2.05, 4.69) is 25.3 Å². The van der Waals surface area contributed by atoms with Crippen LogP contribution < -0.4 is 10.6 Å². The Morgan fingerprint density at radius 3 is 3.14 bits per heavy atom. The van der Waals surface area contributed by atoms with E-state index in [0.717, 1.165) is 12.8 Å². The highest BCUT2D eigenvalue weighted by Crippen LogP contribution is 2.18. The number of aromatic nitrogens is 2. The third-order valence-corrected chi connectivity index (χ3v) is 1.92. The highest BCUT2D eigenvalue weighted by atomic mass is 16.5. The Hall–Kier alpha value is -1.43. The van der Waals surface area contributed by atoms with E-state index in [1.165, 1.54) is 6.39 Å². The molecule has 76 valence electrons. The Balaban J connectivity index is 1.60. The van der Waals surface area contributed by atoms with E-state index >= 15 is 0 Å². The summed E-state index contributed by atoms with van der Waals surface area (Å²) >= 11 is 0. The number of hydrogen-bond acceptors (Lipinski definition) is 5. The minimum atomic E-state index is 0.0241. The zero-order chi connectivity index (χ0) is 9.80. The molecule has 1 aromatic heterocycles. The van der Waals surface area contributed by atoms with Gasteiger partial charge in [-0.05, 0) is 12.8 Å². The number of carbonyl (C=O) groups is 1. The van der Waals surface area contributed by atoms with Crippen LogP contribution in [0.2, 0.25) is 0 Å². The maximum atomic E-state index is 11.2. The van der Waals surface area contributed by atoms with Crippen molar-refractivity contribution >= 4 is 5.91 Å². The maximum Gasteiger partial charge on any atom is 0.234 e. The molecule has 1 aliphatic rings. The van der Waals surface area contributed by atoms with Gasteiger partial charge in [-0.1, -0.05) is 5.16 Å². The van der Waals surface area contributed by atoms with Crippen LogP contribution in [-0.2, 0) is 11.3 Å². The fourth-order valence-electron chi connectivity index (χ4n) is 1.06. The van der Waals surface area contributed by atoms with Crippen LogP contribution in [0.15, 0.2) is 10.9 Å². The molecule has 0 spiro atoms. The van der Waals surface area contributed by atoms with Gasteiger partial charge in [0.25, 0.3) is 0 Å². The fourth-order valence-corrected chi connectivity index (χ4v) is 1.06. The molecular weight excluding hydrogens is 184 g/mol. The van der Waals surface area contributed by atoms with Crippen molar-refractivity contribution in [2.75, 3.05) is 6.54 Å². The van der Waals surface area contributed by atoms with Crippen LogP contribution in [0, 0.1) is 0 Å². The molecule has 2 N–H and O–H groups in total. The largest absolute Gasteiger partial charge is 0.352 e. The van der Waals surface area contributed by atoms with Gasteiger partial charge >= 0.3 is 0 Å². The van der Waals surface area contributed by atoms with Crippen molar-refractivity contribution < 1.29 is 9.32 Å². The van der Waals surface area contributed by atoms with E-state index in [1.807, 2.05) is 0 Å². The Bertz CT molecular complexity index is 294. The van der Waals surface area contributed by atoms with Crippen LogP contribution in [-0.4, -0.2) is 28.6 Å². The molecule has 0 saturated heterocycles. The Kier molecular flexibility index (Phi) is 2.73. The third kappa shape index (κ3) is 2.81. The number of nitrogens with zero attached hydrogens (tertiary/aromatic N) is 2. The van der Waals surface area contributed by atoms with Crippen molar-refractivity contribution in [2.45, 2.75) is 25.4 Å². The minimum Gasteiger partial charge on any atom is -0.352 e. The van der Waals surface area contributed by atoms with Gasteiger partial charge in [0.2, 0.25) is 12.3 Å². The molecule has 1 aromatic rings. The molecular formula is C8H12N4O2. The summed E-state index contributed by atoms with van der Waals surface area (Å²) in [6.07, 6.45) is 3.48. The first-order chi connectivity index (χ1) is 6.84. The Morgan fingerprint density at radius 2 is 2.50 bits per heavy atom. The average molecular weight is 196 g/mol. The zero-order valence-electron chi connectivity index (χ0n) is 7.69. The summed E-state index contributed by atoms with van der Waals surface area (Å²) < 4.78 is 4.54. The van der Waals surface area contributed by atoms with Crippen molar-refractivity contribution in [3.8, 4) is 0 Å². The summed E-state index contributed by atoms with van der Waals surface area (Å²) in [7, 11) is 0. The topological polar surface area (TPSA) is 80.1 Å². The Morgan fingerprint density at radius 1 is 1.64 bits per heavy atom. The lowest BCUT2D eigenvalue weighted by molar-refractivity contribution is -0.120. The molecule has 0 radical (unpaired) electrons. The molecule has 1 aliphatic carbocycles. The molecule has 1 saturated carbocycles. The van der Waals surface area contributed by atoms with Gasteiger partial charge in [0.05, 0.1) is 13.1 Å². The second-order valence-corrected chi connectivity index (χ2v) is 3.29. The van der Waals surface area contributed by atoms with Crippen LogP contribution in [0.4, 0.5) is 0 Å². The Labute approximate surface area is 81.1 Å². The van der Waals surface area contributed by atoms with E-state index in [4.69, 9.17) is 0 Å². The van der Waals surface area contributed by atoms with Crippen LogP contribution in [0.5, 0.6) is 0 Å². The van der Waals surface area contributed by atoms with Gasteiger partial charge < -0.3 is 15.2 Å². The SMILES string of the molecule is O=C(CNCc1ncon1)NC1CC1. The molecule has 0 atom stereocenters. The van der Waals surface area contributed by atoms with Gasteiger partial charge in [-0.15, -0.1) is 0 Å². The lowest BCUT2D eigenvalue weighted by atomic mass is 10.5.